The molecule has 0 fully saturated rings. The Balaban J connectivity index is 1.59. The first-order valence-corrected chi connectivity index (χ1v) is 10.7. The Kier molecular flexibility index (Phi) is 6.74. The number of amides is 1. The second-order valence-electron chi connectivity index (χ2n) is 7.44. The molecule has 0 radical (unpaired) electrons. The van der Waals surface area contributed by atoms with E-state index in [1.54, 1.807) is 0 Å². The Morgan fingerprint density at radius 1 is 1.04 bits per heavy atom. The van der Waals surface area contributed by atoms with Gasteiger partial charge in [0, 0.05) is 11.4 Å². The van der Waals surface area contributed by atoms with Crippen molar-refractivity contribution in [1.82, 2.24) is 10.3 Å². The van der Waals surface area contributed by atoms with Crippen molar-refractivity contribution in [2.45, 2.75) is 56.9 Å². The summed E-state index contributed by atoms with van der Waals surface area (Å²) >= 11 is 1.52. The van der Waals surface area contributed by atoms with Crippen molar-refractivity contribution in [3.63, 3.8) is 0 Å². The third-order valence-corrected chi connectivity index (χ3v) is 6.01. The second kappa shape index (κ2) is 9.24. The minimum Gasteiger partial charge on any atom is -0.353 e. The number of thioether (sulfide) groups is 1. The third-order valence-electron chi connectivity index (χ3n) is 4.99. The number of carbonyl (C=O) groups excluding carboxylic acids is 1. The van der Waals surface area contributed by atoms with Crippen molar-refractivity contribution in [2.24, 2.45) is 0 Å². The van der Waals surface area contributed by atoms with Crippen LogP contribution in [0.15, 0.2) is 59.6 Å². The molecule has 2 aromatic carbocycles. The molecule has 4 heteroatoms. The summed E-state index contributed by atoms with van der Waals surface area (Å²) in [5.74, 6) is 0.0647. The van der Waals surface area contributed by atoms with Crippen LogP contribution in [0.2, 0.25) is 0 Å². The van der Waals surface area contributed by atoms with Crippen molar-refractivity contribution in [3.8, 4) is 0 Å². The number of benzene rings is 2. The van der Waals surface area contributed by atoms with E-state index in [0.717, 1.165) is 28.9 Å². The van der Waals surface area contributed by atoms with E-state index in [0.29, 0.717) is 0 Å². The Labute approximate surface area is 172 Å². The maximum atomic E-state index is 12.6. The van der Waals surface area contributed by atoms with Gasteiger partial charge in [-0.2, -0.15) is 0 Å². The highest BCUT2D eigenvalue weighted by molar-refractivity contribution is 8.00. The van der Waals surface area contributed by atoms with E-state index in [2.05, 4.69) is 74.6 Å². The molecule has 0 aliphatic heterocycles. The molecule has 146 valence electrons. The molecule has 3 nitrogen and oxygen atoms in total. The van der Waals surface area contributed by atoms with Gasteiger partial charge in [0.05, 0.1) is 15.8 Å². The van der Waals surface area contributed by atoms with Crippen LogP contribution in [0.25, 0.3) is 10.9 Å². The number of rotatable bonds is 7. The molecule has 0 aliphatic rings. The molecule has 1 amide bonds. The average Bonchev–Trinajstić information content (AvgIpc) is 2.68. The van der Waals surface area contributed by atoms with Gasteiger partial charge in [-0.25, -0.2) is 4.98 Å². The van der Waals surface area contributed by atoms with Gasteiger partial charge >= 0.3 is 0 Å². The number of aryl methyl sites for hydroxylation is 3. The number of hydrogen-bond donors (Lipinski definition) is 1. The highest BCUT2D eigenvalue weighted by Crippen LogP contribution is 2.28. The summed E-state index contributed by atoms with van der Waals surface area (Å²) in [5, 5.41) is 5.04. The van der Waals surface area contributed by atoms with Crippen LogP contribution in [-0.4, -0.2) is 22.2 Å². The lowest BCUT2D eigenvalue weighted by Gasteiger charge is -2.18. The quantitative estimate of drug-likeness (QED) is 0.542. The smallest absolute Gasteiger partial charge is 0.233 e. The molecule has 0 aliphatic carbocycles. The lowest BCUT2D eigenvalue weighted by atomic mass is 10.1. The summed E-state index contributed by atoms with van der Waals surface area (Å²) in [6.45, 7) is 8.20. The van der Waals surface area contributed by atoms with Gasteiger partial charge in [0.15, 0.2) is 0 Å². The van der Waals surface area contributed by atoms with Crippen LogP contribution >= 0.6 is 11.8 Å². The minimum absolute atomic E-state index is 0.0647. The number of nitrogens with zero attached hydrogens (tertiary/aromatic N) is 1. The van der Waals surface area contributed by atoms with Gasteiger partial charge < -0.3 is 5.32 Å². The van der Waals surface area contributed by atoms with Crippen LogP contribution in [0, 0.1) is 13.8 Å². The molecule has 3 aromatic rings. The summed E-state index contributed by atoms with van der Waals surface area (Å²) in [6.07, 6.45) is 1.90. The lowest BCUT2D eigenvalue weighted by Crippen LogP contribution is -2.37. The molecule has 3 rings (SSSR count). The molecule has 0 spiro atoms. The molecule has 0 saturated heterocycles. The Bertz CT molecular complexity index is 955. The van der Waals surface area contributed by atoms with Crippen molar-refractivity contribution >= 4 is 28.6 Å². The summed E-state index contributed by atoms with van der Waals surface area (Å²) in [7, 11) is 0. The summed E-state index contributed by atoms with van der Waals surface area (Å²) in [5.41, 5.74) is 4.68. The second-order valence-corrected chi connectivity index (χ2v) is 8.80. The molecule has 0 unspecified atom stereocenters. The summed E-state index contributed by atoms with van der Waals surface area (Å²) < 4.78 is 0. The Morgan fingerprint density at radius 2 is 1.79 bits per heavy atom. The molecule has 1 aromatic heterocycles. The number of carbonyl (C=O) groups is 1. The van der Waals surface area contributed by atoms with Gasteiger partial charge in [0.1, 0.15) is 0 Å². The SMILES string of the molecule is Cc1cc(S[C@H](C)C(=O)N[C@H](C)CCc2ccccc2)nc2c(C)cccc12. The van der Waals surface area contributed by atoms with E-state index in [-0.39, 0.29) is 17.2 Å². The zero-order valence-corrected chi connectivity index (χ0v) is 17.8. The molecule has 1 N–H and O–H groups in total. The normalized spacial score (nSPS) is 13.3. The maximum absolute atomic E-state index is 12.6. The first-order valence-electron chi connectivity index (χ1n) is 9.82. The molecule has 28 heavy (non-hydrogen) atoms. The predicted octanol–water partition coefficient (Wildman–Crippen LogP) is 5.47. The molecule has 0 saturated carbocycles. The van der Waals surface area contributed by atoms with Crippen molar-refractivity contribution in [2.75, 3.05) is 0 Å². The lowest BCUT2D eigenvalue weighted by molar-refractivity contribution is -0.120. The topological polar surface area (TPSA) is 42.0 Å². The van der Waals surface area contributed by atoms with Gasteiger partial charge in [-0.1, -0.05) is 60.3 Å². The zero-order valence-electron chi connectivity index (χ0n) is 17.0. The number of fused-ring (bicyclic) bond motifs is 1. The van der Waals surface area contributed by atoms with E-state index in [1.165, 1.54) is 28.3 Å². The fourth-order valence-electron chi connectivity index (χ4n) is 3.29. The molecule has 1 heterocycles. The first kappa shape index (κ1) is 20.4. The monoisotopic (exact) mass is 392 g/mol. The van der Waals surface area contributed by atoms with Gasteiger partial charge in [-0.05, 0) is 63.3 Å². The van der Waals surface area contributed by atoms with Crippen molar-refractivity contribution in [1.29, 1.82) is 0 Å². The number of aromatic nitrogens is 1. The van der Waals surface area contributed by atoms with Gasteiger partial charge in [0.2, 0.25) is 5.91 Å². The summed E-state index contributed by atoms with van der Waals surface area (Å²) in [6, 6.07) is 18.8. The number of para-hydroxylation sites is 1. The summed E-state index contributed by atoms with van der Waals surface area (Å²) in [4.78, 5) is 17.4. The standard InChI is InChI=1S/C24H28N2OS/c1-16-9-8-12-21-17(2)15-22(26-23(16)21)28-19(4)24(27)25-18(3)13-14-20-10-6-5-7-11-20/h5-12,15,18-19H,13-14H2,1-4H3,(H,25,27)/t18-,19-/m1/s1. The Hall–Kier alpha value is -2.33. The Morgan fingerprint density at radius 3 is 2.54 bits per heavy atom. The van der Waals surface area contributed by atoms with Gasteiger partial charge in [-0.15, -0.1) is 0 Å². The molecule has 0 bridgehead atoms. The van der Waals surface area contributed by atoms with Crippen molar-refractivity contribution in [3.05, 3.63) is 71.3 Å². The van der Waals surface area contributed by atoms with E-state index in [9.17, 15) is 4.79 Å². The minimum atomic E-state index is -0.187. The maximum Gasteiger partial charge on any atom is 0.233 e. The molecule has 2 atom stereocenters. The molecular weight excluding hydrogens is 364 g/mol. The van der Waals surface area contributed by atoms with Gasteiger partial charge in [0.25, 0.3) is 0 Å². The predicted molar refractivity (Wildman–Crippen MR) is 119 cm³/mol. The van der Waals surface area contributed by atoms with Crippen LogP contribution in [-0.2, 0) is 11.2 Å². The van der Waals surface area contributed by atoms with E-state index in [4.69, 9.17) is 4.98 Å². The van der Waals surface area contributed by atoms with Crippen LogP contribution in [0.1, 0.15) is 37.0 Å². The number of pyridine rings is 1. The third kappa shape index (κ3) is 5.14. The zero-order chi connectivity index (χ0) is 20.1. The number of nitrogens with one attached hydrogen (secondary N) is 1. The largest absolute Gasteiger partial charge is 0.353 e. The number of hydrogen-bond acceptors (Lipinski definition) is 3. The molecular formula is C24H28N2OS. The van der Waals surface area contributed by atoms with Crippen LogP contribution in [0.3, 0.4) is 0 Å². The fraction of sp³-hybridized carbons (Fsp3) is 0.333. The van der Waals surface area contributed by atoms with E-state index < -0.39 is 0 Å². The highest BCUT2D eigenvalue weighted by Gasteiger charge is 2.18. The van der Waals surface area contributed by atoms with Crippen LogP contribution in [0.4, 0.5) is 0 Å². The van der Waals surface area contributed by atoms with Crippen LogP contribution in [0.5, 0.6) is 0 Å². The average molecular weight is 393 g/mol. The fourth-order valence-corrected chi connectivity index (χ4v) is 4.21. The van der Waals surface area contributed by atoms with E-state index in [1.807, 2.05) is 13.0 Å². The highest BCUT2D eigenvalue weighted by atomic mass is 32.2. The first-order chi connectivity index (χ1) is 13.4. The van der Waals surface area contributed by atoms with E-state index >= 15 is 0 Å². The van der Waals surface area contributed by atoms with Crippen molar-refractivity contribution < 1.29 is 4.79 Å². The van der Waals surface area contributed by atoms with Crippen LogP contribution < -0.4 is 5.32 Å². The van der Waals surface area contributed by atoms with Gasteiger partial charge in [-0.3, -0.25) is 4.79 Å².